The van der Waals surface area contributed by atoms with Crippen molar-refractivity contribution in [3.05, 3.63) is 47.3 Å². The number of rotatable bonds is 4. The summed E-state index contributed by atoms with van der Waals surface area (Å²) in [6.45, 7) is 0.160. The second-order valence-electron chi connectivity index (χ2n) is 6.20. The molecule has 0 spiro atoms. The average molecular weight is 366 g/mol. The molecular weight excluding hydrogens is 349 g/mol. The zero-order chi connectivity index (χ0) is 18.9. The highest BCUT2D eigenvalue weighted by Gasteiger charge is 2.34. The zero-order valence-corrected chi connectivity index (χ0v) is 13.9. The Bertz CT molecular complexity index is 829. The lowest BCUT2D eigenvalue weighted by molar-refractivity contribution is -0.141. The fourth-order valence-electron chi connectivity index (χ4n) is 2.92. The summed E-state index contributed by atoms with van der Waals surface area (Å²) in [7, 11) is 1.45. The van der Waals surface area contributed by atoms with Crippen LogP contribution in [0.3, 0.4) is 0 Å². The van der Waals surface area contributed by atoms with Crippen LogP contribution >= 0.6 is 0 Å². The van der Waals surface area contributed by atoms with Crippen LogP contribution < -0.4 is 10.6 Å². The van der Waals surface area contributed by atoms with E-state index in [1.807, 2.05) is 6.07 Å². The first-order valence-corrected chi connectivity index (χ1v) is 7.99. The van der Waals surface area contributed by atoms with E-state index in [0.29, 0.717) is 11.4 Å². The molecule has 6 nitrogen and oxygen atoms in total. The van der Waals surface area contributed by atoms with E-state index in [4.69, 9.17) is 0 Å². The van der Waals surface area contributed by atoms with Crippen molar-refractivity contribution in [1.29, 1.82) is 0 Å². The molecule has 0 atom stereocenters. The molecule has 9 heteroatoms. The number of piperidine rings is 1. The van der Waals surface area contributed by atoms with E-state index in [1.54, 1.807) is 18.2 Å². The molecule has 1 aliphatic rings. The third-order valence-corrected chi connectivity index (χ3v) is 4.24. The number of nitrogens with one attached hydrogen (secondary N) is 2. The van der Waals surface area contributed by atoms with E-state index in [1.165, 1.54) is 11.7 Å². The van der Waals surface area contributed by atoms with Gasteiger partial charge in [0.25, 0.3) is 0 Å². The minimum atomic E-state index is -4.48. The molecule has 0 radical (unpaired) electrons. The molecule has 0 bridgehead atoms. The highest BCUT2D eigenvalue weighted by molar-refractivity contribution is 5.98. The maximum Gasteiger partial charge on any atom is 0.435 e. The molecule has 0 saturated carbocycles. The van der Waals surface area contributed by atoms with E-state index in [0.717, 1.165) is 11.6 Å². The number of hydrogen-bond donors (Lipinski definition) is 2. The van der Waals surface area contributed by atoms with Gasteiger partial charge in [0.15, 0.2) is 5.69 Å². The number of imide groups is 1. The molecule has 0 aliphatic carbocycles. The maximum atomic E-state index is 12.7. The van der Waals surface area contributed by atoms with Crippen LogP contribution in [0.25, 0.3) is 0 Å². The van der Waals surface area contributed by atoms with Crippen molar-refractivity contribution < 1.29 is 22.8 Å². The third kappa shape index (κ3) is 4.04. The van der Waals surface area contributed by atoms with Gasteiger partial charge in [0, 0.05) is 31.5 Å². The topological polar surface area (TPSA) is 76.0 Å². The van der Waals surface area contributed by atoms with E-state index in [2.05, 4.69) is 15.7 Å². The zero-order valence-electron chi connectivity index (χ0n) is 13.9. The van der Waals surface area contributed by atoms with Crippen LogP contribution in [-0.4, -0.2) is 21.6 Å². The summed E-state index contributed by atoms with van der Waals surface area (Å²) in [5, 5.41) is 8.79. The largest absolute Gasteiger partial charge is 0.435 e. The predicted molar refractivity (Wildman–Crippen MR) is 87.1 cm³/mol. The van der Waals surface area contributed by atoms with Crippen molar-refractivity contribution in [2.75, 3.05) is 5.32 Å². The first-order chi connectivity index (χ1) is 12.2. The Morgan fingerprint density at radius 1 is 1.23 bits per heavy atom. The van der Waals surface area contributed by atoms with Gasteiger partial charge in [0.05, 0.1) is 12.2 Å². The highest BCUT2D eigenvalue weighted by Crippen LogP contribution is 2.30. The molecule has 0 unspecified atom stereocenters. The van der Waals surface area contributed by atoms with Crippen LogP contribution in [0.1, 0.15) is 35.7 Å². The molecule has 2 aromatic rings. The van der Waals surface area contributed by atoms with Crippen LogP contribution in [0.5, 0.6) is 0 Å². The maximum absolute atomic E-state index is 12.7. The highest BCUT2D eigenvalue weighted by atomic mass is 19.4. The minimum absolute atomic E-state index is 0.160. The Kier molecular flexibility index (Phi) is 4.71. The van der Waals surface area contributed by atoms with Gasteiger partial charge in [-0.1, -0.05) is 12.1 Å². The lowest BCUT2D eigenvalue weighted by Gasteiger charge is -2.21. The van der Waals surface area contributed by atoms with Crippen molar-refractivity contribution in [1.82, 2.24) is 15.1 Å². The van der Waals surface area contributed by atoms with Crippen molar-refractivity contribution in [2.24, 2.45) is 7.05 Å². The van der Waals surface area contributed by atoms with Crippen LogP contribution in [0.4, 0.5) is 18.9 Å². The first kappa shape index (κ1) is 18.0. The molecule has 1 fully saturated rings. The number of carbonyl (C=O) groups excluding carboxylic acids is 2. The van der Waals surface area contributed by atoms with Gasteiger partial charge >= 0.3 is 6.18 Å². The van der Waals surface area contributed by atoms with Crippen LogP contribution in [-0.2, 0) is 29.4 Å². The Morgan fingerprint density at radius 3 is 2.54 bits per heavy atom. The lowest BCUT2D eigenvalue weighted by atomic mass is 9.89. The number of aromatic nitrogens is 2. The number of anilines is 1. The minimum Gasteiger partial charge on any atom is -0.379 e. The van der Waals surface area contributed by atoms with E-state index < -0.39 is 11.9 Å². The van der Waals surface area contributed by atoms with Gasteiger partial charge in [-0.15, -0.1) is 0 Å². The molecule has 138 valence electrons. The second-order valence-corrected chi connectivity index (χ2v) is 6.20. The van der Waals surface area contributed by atoms with Gasteiger partial charge in [-0.05, 0) is 23.8 Å². The molecule has 1 aromatic heterocycles. The number of amides is 2. The van der Waals surface area contributed by atoms with Crippen LogP contribution in [0.15, 0.2) is 30.3 Å². The monoisotopic (exact) mass is 366 g/mol. The summed E-state index contributed by atoms with van der Waals surface area (Å²) in [5.41, 5.74) is 0.974. The Labute approximate surface area is 147 Å². The molecule has 26 heavy (non-hydrogen) atoms. The van der Waals surface area contributed by atoms with E-state index in [9.17, 15) is 22.8 Å². The summed E-state index contributed by atoms with van der Waals surface area (Å²) in [6.07, 6.45) is -4.03. The van der Waals surface area contributed by atoms with Crippen LogP contribution in [0, 0.1) is 0 Å². The van der Waals surface area contributed by atoms with E-state index >= 15 is 0 Å². The van der Waals surface area contributed by atoms with Crippen molar-refractivity contribution >= 4 is 17.5 Å². The number of nitrogens with zero attached hydrogens (tertiary/aromatic N) is 2. The van der Waals surface area contributed by atoms with Crippen LogP contribution in [0.2, 0.25) is 0 Å². The number of alkyl halides is 3. The van der Waals surface area contributed by atoms with Crippen molar-refractivity contribution in [3.8, 4) is 0 Å². The quantitative estimate of drug-likeness (QED) is 0.816. The number of halogens is 3. The smallest absolute Gasteiger partial charge is 0.379 e. The van der Waals surface area contributed by atoms with Crippen molar-refractivity contribution in [2.45, 2.75) is 31.5 Å². The first-order valence-electron chi connectivity index (χ1n) is 7.99. The summed E-state index contributed by atoms with van der Waals surface area (Å²) >= 11 is 0. The lowest BCUT2D eigenvalue weighted by Crippen LogP contribution is -2.37. The summed E-state index contributed by atoms with van der Waals surface area (Å²) < 4.78 is 39.3. The second kappa shape index (κ2) is 6.81. The Morgan fingerprint density at radius 2 is 1.92 bits per heavy atom. The molecular formula is C17H17F3N4O2. The fraction of sp³-hybridized carbons (Fsp3) is 0.353. The van der Waals surface area contributed by atoms with E-state index in [-0.39, 0.29) is 37.1 Å². The van der Waals surface area contributed by atoms with Gasteiger partial charge < -0.3 is 5.32 Å². The molecule has 2 heterocycles. The summed E-state index contributed by atoms with van der Waals surface area (Å²) in [4.78, 5) is 23.0. The molecule has 2 N–H and O–H groups in total. The van der Waals surface area contributed by atoms with Crippen molar-refractivity contribution in [3.63, 3.8) is 0 Å². The number of hydrogen-bond acceptors (Lipinski definition) is 4. The van der Waals surface area contributed by atoms with Gasteiger partial charge in [0.2, 0.25) is 11.8 Å². The SMILES string of the molecule is Cn1nc(C(F)(F)F)cc1CNc1cccc(C2CC(=O)NC(=O)C2)c1. The van der Waals surface area contributed by atoms with Gasteiger partial charge in [-0.3, -0.25) is 19.6 Å². The molecule has 2 amide bonds. The Balaban J connectivity index is 1.71. The number of aryl methyl sites for hydroxylation is 1. The number of carbonyl (C=O) groups is 2. The van der Waals surface area contributed by atoms with Gasteiger partial charge in [-0.2, -0.15) is 18.3 Å². The summed E-state index contributed by atoms with van der Waals surface area (Å²) in [5.74, 6) is -0.815. The molecule has 1 aliphatic heterocycles. The van der Waals surface area contributed by atoms with Gasteiger partial charge in [-0.25, -0.2) is 0 Å². The average Bonchev–Trinajstić information content (AvgIpc) is 2.93. The number of benzene rings is 1. The molecule has 1 saturated heterocycles. The predicted octanol–water partition coefficient (Wildman–Crippen LogP) is 2.57. The molecule has 3 rings (SSSR count). The van der Waals surface area contributed by atoms with Gasteiger partial charge in [0.1, 0.15) is 0 Å². The fourth-order valence-corrected chi connectivity index (χ4v) is 2.92. The normalized spacial score (nSPS) is 15.8. The molecule has 1 aromatic carbocycles. The summed E-state index contributed by atoms with van der Waals surface area (Å²) in [6, 6.07) is 8.18. The Hall–Kier alpha value is -2.84. The third-order valence-electron chi connectivity index (χ3n) is 4.24. The standard InChI is InChI=1S/C17H17F3N4O2/c1-24-13(8-14(23-24)17(18,19)20)9-21-12-4-2-3-10(5-12)11-6-15(25)22-16(26)7-11/h2-5,8,11,21H,6-7,9H2,1H3,(H,22,25,26).